The van der Waals surface area contributed by atoms with Gasteiger partial charge in [-0.1, -0.05) is 0 Å². The Kier molecular flexibility index (Phi) is 7.21. The number of aliphatic hydroxyl groups excluding tert-OH is 2. The van der Waals surface area contributed by atoms with Gasteiger partial charge < -0.3 is 20.3 Å². The predicted molar refractivity (Wildman–Crippen MR) is 133 cm³/mol. The quantitative estimate of drug-likeness (QED) is 0.315. The van der Waals surface area contributed by atoms with Crippen LogP contribution in [-0.4, -0.2) is 65.6 Å². The molecule has 0 radical (unpaired) electrons. The van der Waals surface area contributed by atoms with E-state index in [1.165, 1.54) is 12.1 Å². The van der Waals surface area contributed by atoms with Crippen LogP contribution in [0.4, 0.5) is 19.0 Å². The summed E-state index contributed by atoms with van der Waals surface area (Å²) in [4.78, 5) is 7.92. The Morgan fingerprint density at radius 2 is 1.97 bits per heavy atom. The van der Waals surface area contributed by atoms with Gasteiger partial charge >= 0.3 is 6.18 Å². The van der Waals surface area contributed by atoms with Crippen LogP contribution in [0.1, 0.15) is 37.4 Å². The minimum Gasteiger partial charge on any atom is -0.488 e. The van der Waals surface area contributed by atoms with E-state index >= 15 is 0 Å². The molecule has 0 aromatic carbocycles. The molecule has 0 amide bonds. The van der Waals surface area contributed by atoms with Crippen molar-refractivity contribution in [1.82, 2.24) is 29.5 Å². The molecule has 13 heteroatoms. The number of pyridine rings is 2. The number of nitrogens with one attached hydrogen (secondary N) is 1. The minimum atomic E-state index is -4.58. The van der Waals surface area contributed by atoms with E-state index in [0.717, 1.165) is 22.7 Å². The van der Waals surface area contributed by atoms with Crippen LogP contribution in [0.3, 0.4) is 0 Å². The lowest BCUT2D eigenvalue weighted by molar-refractivity contribution is -0.143. The fraction of sp³-hybridized carbons (Fsp3) is 0.440. The largest absolute Gasteiger partial charge is 0.488 e. The highest BCUT2D eigenvalue weighted by Gasteiger charge is 2.37. The second kappa shape index (κ2) is 10.6. The first-order valence-corrected chi connectivity index (χ1v) is 12.3. The van der Waals surface area contributed by atoms with Gasteiger partial charge in [0.1, 0.15) is 11.5 Å². The molecule has 4 aromatic heterocycles. The average molecular weight is 532 g/mol. The van der Waals surface area contributed by atoms with Crippen molar-refractivity contribution < 1.29 is 28.1 Å². The van der Waals surface area contributed by atoms with Crippen LogP contribution in [0.25, 0.3) is 22.2 Å². The zero-order chi connectivity index (χ0) is 26.9. The molecule has 1 atom stereocenters. The van der Waals surface area contributed by atoms with Crippen molar-refractivity contribution in [3.05, 3.63) is 48.7 Å². The standard InChI is InChI=1S/C25H28F3N7O3/c1-29-22-9-20-19(11-31-22)23(15-10-32-34(12-15)13-17(37)14-36)33-35(20)16-4-6-18(7-5-16)38-21-3-2-8-30-24(21)25(26,27)28/h2-3,8-12,16-18,36-37H,4-7,13-14H2,1H3,(H,29,31)/t16-,17-,18+/m1/s1. The highest BCUT2D eigenvalue weighted by atomic mass is 19.4. The Morgan fingerprint density at radius 3 is 2.68 bits per heavy atom. The van der Waals surface area contributed by atoms with Crippen molar-refractivity contribution in [1.29, 1.82) is 0 Å². The van der Waals surface area contributed by atoms with Gasteiger partial charge in [0.2, 0.25) is 0 Å². The molecule has 0 aliphatic heterocycles. The molecule has 1 fully saturated rings. The molecule has 10 nitrogen and oxygen atoms in total. The molecule has 202 valence electrons. The van der Waals surface area contributed by atoms with Crippen LogP contribution in [0.5, 0.6) is 5.75 Å². The molecule has 0 unspecified atom stereocenters. The van der Waals surface area contributed by atoms with Crippen molar-refractivity contribution in [3.63, 3.8) is 0 Å². The molecule has 0 saturated heterocycles. The number of halogens is 3. The summed E-state index contributed by atoms with van der Waals surface area (Å²) in [5.41, 5.74) is 1.29. The van der Waals surface area contributed by atoms with Crippen LogP contribution in [0.2, 0.25) is 0 Å². The van der Waals surface area contributed by atoms with E-state index in [9.17, 15) is 18.3 Å². The number of hydrogen-bond donors (Lipinski definition) is 3. The highest BCUT2D eigenvalue weighted by molar-refractivity contribution is 5.93. The summed E-state index contributed by atoms with van der Waals surface area (Å²) in [5, 5.41) is 31.9. The van der Waals surface area contributed by atoms with Crippen molar-refractivity contribution in [2.45, 2.75) is 56.7 Å². The first kappa shape index (κ1) is 25.9. The van der Waals surface area contributed by atoms with Gasteiger partial charge in [-0.3, -0.25) is 9.36 Å². The maximum Gasteiger partial charge on any atom is 0.437 e. The molecule has 1 aliphatic rings. The lowest BCUT2D eigenvalue weighted by atomic mass is 9.93. The third-order valence-electron chi connectivity index (χ3n) is 6.69. The number of rotatable bonds is 8. The van der Waals surface area contributed by atoms with Crippen molar-refractivity contribution in [2.24, 2.45) is 0 Å². The molecule has 3 N–H and O–H groups in total. The second-order valence-corrected chi connectivity index (χ2v) is 9.31. The number of hydrogen-bond acceptors (Lipinski definition) is 8. The number of aliphatic hydroxyl groups is 2. The topological polar surface area (TPSA) is 123 Å². The number of fused-ring (bicyclic) bond motifs is 1. The van der Waals surface area contributed by atoms with Crippen LogP contribution in [0, 0.1) is 0 Å². The summed E-state index contributed by atoms with van der Waals surface area (Å²) in [5.74, 6) is 0.434. The Labute approximate surface area is 216 Å². The SMILES string of the molecule is CNc1cc2c(cn1)c(-c1cnn(C[C@@H](O)CO)c1)nn2[C@H]1CC[C@@H](Oc2cccnc2C(F)(F)F)CC1. The Balaban J connectivity index is 1.38. The minimum absolute atomic E-state index is 0.0143. The third-order valence-corrected chi connectivity index (χ3v) is 6.69. The lowest BCUT2D eigenvalue weighted by Crippen LogP contribution is -2.27. The molecule has 0 bridgehead atoms. The van der Waals surface area contributed by atoms with E-state index < -0.39 is 18.0 Å². The number of ether oxygens (including phenoxy) is 1. The molecule has 1 saturated carbocycles. The average Bonchev–Trinajstić information content (AvgIpc) is 3.53. The van der Waals surface area contributed by atoms with Gasteiger partial charge in [-0.2, -0.15) is 23.4 Å². The first-order valence-electron chi connectivity index (χ1n) is 12.3. The molecular weight excluding hydrogens is 503 g/mol. The first-order chi connectivity index (χ1) is 18.3. The lowest BCUT2D eigenvalue weighted by Gasteiger charge is -2.30. The summed E-state index contributed by atoms with van der Waals surface area (Å²) < 4.78 is 49.2. The normalized spacial score (nSPS) is 19.0. The maximum atomic E-state index is 13.3. The van der Waals surface area contributed by atoms with Gasteiger partial charge in [-0.05, 0) is 37.8 Å². The van der Waals surface area contributed by atoms with Crippen molar-refractivity contribution in [3.8, 4) is 17.0 Å². The van der Waals surface area contributed by atoms with E-state index in [-0.39, 0.29) is 31.0 Å². The van der Waals surface area contributed by atoms with Gasteiger partial charge in [-0.25, -0.2) is 9.97 Å². The highest BCUT2D eigenvalue weighted by Crippen LogP contribution is 2.39. The van der Waals surface area contributed by atoms with Crippen LogP contribution in [0.15, 0.2) is 43.0 Å². The number of nitrogens with zero attached hydrogens (tertiary/aromatic N) is 6. The van der Waals surface area contributed by atoms with E-state index in [0.29, 0.717) is 37.2 Å². The maximum absolute atomic E-state index is 13.3. The van der Waals surface area contributed by atoms with Crippen molar-refractivity contribution in [2.75, 3.05) is 19.0 Å². The van der Waals surface area contributed by atoms with Gasteiger partial charge in [0, 0.05) is 42.7 Å². The summed E-state index contributed by atoms with van der Waals surface area (Å²) in [7, 11) is 1.78. The van der Waals surface area contributed by atoms with Gasteiger partial charge in [0.15, 0.2) is 11.4 Å². The fourth-order valence-corrected chi connectivity index (χ4v) is 4.81. The number of anilines is 1. The van der Waals surface area contributed by atoms with Gasteiger partial charge in [0.05, 0.1) is 43.1 Å². The molecule has 0 spiro atoms. The van der Waals surface area contributed by atoms with E-state index in [4.69, 9.17) is 14.9 Å². The third kappa shape index (κ3) is 5.29. The molecule has 1 aliphatic carbocycles. The predicted octanol–water partition coefficient (Wildman–Crippen LogP) is 3.67. The molecular formula is C25H28F3N7O3. The van der Waals surface area contributed by atoms with E-state index in [2.05, 4.69) is 20.4 Å². The summed E-state index contributed by atoms with van der Waals surface area (Å²) in [6, 6.07) is 4.68. The van der Waals surface area contributed by atoms with E-state index in [1.54, 1.807) is 30.3 Å². The van der Waals surface area contributed by atoms with Crippen LogP contribution < -0.4 is 10.1 Å². The van der Waals surface area contributed by atoms with Crippen LogP contribution in [-0.2, 0) is 12.7 Å². The zero-order valence-electron chi connectivity index (χ0n) is 20.6. The summed E-state index contributed by atoms with van der Waals surface area (Å²) in [6.07, 6.45) is 2.87. The van der Waals surface area contributed by atoms with Gasteiger partial charge in [0.25, 0.3) is 0 Å². The zero-order valence-corrected chi connectivity index (χ0v) is 20.6. The molecule has 4 heterocycles. The summed E-state index contributed by atoms with van der Waals surface area (Å²) in [6.45, 7) is -0.220. The Hall–Kier alpha value is -3.71. The van der Waals surface area contributed by atoms with Gasteiger partial charge in [-0.15, -0.1) is 0 Å². The fourth-order valence-electron chi connectivity index (χ4n) is 4.81. The smallest absolute Gasteiger partial charge is 0.437 e. The second-order valence-electron chi connectivity index (χ2n) is 9.31. The van der Waals surface area contributed by atoms with Crippen LogP contribution >= 0.6 is 0 Å². The van der Waals surface area contributed by atoms with Crippen molar-refractivity contribution >= 4 is 16.7 Å². The van der Waals surface area contributed by atoms with E-state index in [1.807, 2.05) is 10.7 Å². The monoisotopic (exact) mass is 531 g/mol. The summed E-state index contributed by atoms with van der Waals surface area (Å²) >= 11 is 0. The molecule has 4 aromatic rings. The molecule has 38 heavy (non-hydrogen) atoms. The Morgan fingerprint density at radius 1 is 1.18 bits per heavy atom. The Bertz CT molecular complexity index is 1400. The number of aromatic nitrogens is 6. The molecule has 5 rings (SSSR count). The number of alkyl halides is 3.